The number of H-pyrrole nitrogens is 2. The van der Waals surface area contributed by atoms with Crippen molar-refractivity contribution in [2.24, 2.45) is 0 Å². The van der Waals surface area contributed by atoms with Crippen LogP contribution >= 0.6 is 11.3 Å². The summed E-state index contributed by atoms with van der Waals surface area (Å²) in [5, 5.41) is 23.6. The second kappa shape index (κ2) is 13.1. The van der Waals surface area contributed by atoms with Gasteiger partial charge in [0.2, 0.25) is 17.8 Å². The van der Waals surface area contributed by atoms with Gasteiger partial charge in [-0.15, -0.1) is 31.7 Å². The van der Waals surface area contributed by atoms with Crippen LogP contribution in [-0.4, -0.2) is 57.1 Å². The number of carbonyl (C=O) groups is 2. The van der Waals surface area contributed by atoms with Crippen LogP contribution in [0.3, 0.4) is 0 Å². The van der Waals surface area contributed by atoms with Gasteiger partial charge in [0.05, 0.1) is 15.2 Å². The second-order valence-corrected chi connectivity index (χ2v) is 12.5. The normalized spacial score (nSPS) is 11.3. The summed E-state index contributed by atoms with van der Waals surface area (Å²) in [4.78, 5) is 45.1. The Morgan fingerprint density at radius 3 is 2.34 bits per heavy atom. The molecule has 0 saturated heterocycles. The molecule has 4 N–H and O–H groups in total. The van der Waals surface area contributed by atoms with Crippen LogP contribution in [0.1, 0.15) is 34.0 Å². The molecule has 0 saturated carbocycles. The summed E-state index contributed by atoms with van der Waals surface area (Å²) in [6, 6.07) is 22.9. The smallest absolute Gasteiger partial charge is 0.294 e. The molecule has 0 aliphatic heterocycles. The number of aromatic amines is 2. The molecule has 0 unspecified atom stereocenters. The van der Waals surface area contributed by atoms with Crippen molar-refractivity contribution >= 4 is 56.2 Å². The average Bonchev–Trinajstić information content (AvgIpc) is 3.95. The number of furan rings is 1. The number of hydrogen-bond acceptors (Lipinski definition) is 11. The predicted molar refractivity (Wildman–Crippen MR) is 188 cm³/mol. The molecule has 0 aliphatic rings. The lowest BCUT2D eigenvalue weighted by Gasteiger charge is -2.03. The van der Waals surface area contributed by atoms with Crippen molar-refractivity contribution in [2.75, 3.05) is 10.6 Å². The van der Waals surface area contributed by atoms with Crippen molar-refractivity contribution in [1.82, 2.24) is 45.3 Å². The number of thiazole rings is 1. The van der Waals surface area contributed by atoms with Crippen molar-refractivity contribution < 1.29 is 14.0 Å². The van der Waals surface area contributed by atoms with Crippen molar-refractivity contribution in [3.8, 4) is 34.2 Å². The van der Waals surface area contributed by atoms with Gasteiger partial charge >= 0.3 is 0 Å². The lowest BCUT2D eigenvalue weighted by molar-refractivity contribution is -0.116. The van der Waals surface area contributed by atoms with E-state index in [0.29, 0.717) is 47.0 Å². The summed E-state index contributed by atoms with van der Waals surface area (Å²) in [6.07, 6.45) is 5.11. The van der Waals surface area contributed by atoms with Crippen LogP contribution in [0.2, 0.25) is 0 Å². The number of aromatic nitrogens is 9. The molecule has 0 spiro atoms. The highest BCUT2D eigenvalue weighted by Crippen LogP contribution is 2.31. The van der Waals surface area contributed by atoms with Gasteiger partial charge in [-0.25, -0.2) is 4.98 Å². The minimum absolute atomic E-state index is 0.157. The molecule has 6 aromatic heterocycles. The van der Waals surface area contributed by atoms with Crippen LogP contribution in [0.4, 0.5) is 11.9 Å². The van der Waals surface area contributed by atoms with Gasteiger partial charge in [-0.1, -0.05) is 30.3 Å². The number of benzene rings is 2. The van der Waals surface area contributed by atoms with E-state index in [1.807, 2.05) is 61.5 Å². The topological polar surface area (TPSA) is 193 Å². The zero-order chi connectivity index (χ0) is 34.0. The van der Waals surface area contributed by atoms with Gasteiger partial charge in [-0.3, -0.25) is 30.2 Å². The molecule has 0 aliphatic carbocycles. The summed E-state index contributed by atoms with van der Waals surface area (Å²) < 4.78 is 7.07. The Hall–Kier alpha value is -6.61. The molecule has 0 atom stereocenters. The van der Waals surface area contributed by atoms with Crippen LogP contribution in [0.5, 0.6) is 0 Å². The van der Waals surface area contributed by atoms with Crippen molar-refractivity contribution in [1.29, 1.82) is 0 Å². The number of rotatable bonds is 10. The van der Waals surface area contributed by atoms with Gasteiger partial charge in [0.25, 0.3) is 5.91 Å². The first-order valence-electron chi connectivity index (χ1n) is 15.7. The third-order valence-corrected chi connectivity index (χ3v) is 9.08. The number of fused-ring (bicyclic) bond motifs is 2. The molecule has 50 heavy (non-hydrogen) atoms. The summed E-state index contributed by atoms with van der Waals surface area (Å²) in [7, 11) is 0. The lowest BCUT2D eigenvalue weighted by atomic mass is 10.0. The molecule has 6 heterocycles. The number of para-hydroxylation sites is 1. The number of nitrogens with one attached hydrogen (secondary N) is 4. The monoisotopic (exact) mass is 681 g/mol. The van der Waals surface area contributed by atoms with Gasteiger partial charge in [0.15, 0.2) is 17.4 Å². The molecule has 14 nitrogen and oxygen atoms in total. The highest BCUT2D eigenvalue weighted by atomic mass is 32.1. The lowest BCUT2D eigenvalue weighted by Crippen LogP contribution is -2.13. The Balaban J connectivity index is 0.894. The number of aryl methyl sites for hydroxylation is 2. The third kappa shape index (κ3) is 6.32. The Morgan fingerprint density at radius 1 is 0.820 bits per heavy atom. The molecule has 2 amide bonds. The molecule has 2 aromatic carbocycles. The number of anilines is 2. The van der Waals surface area contributed by atoms with E-state index in [4.69, 9.17) is 4.42 Å². The van der Waals surface area contributed by atoms with Gasteiger partial charge in [0, 0.05) is 35.3 Å². The highest BCUT2D eigenvalue weighted by Gasteiger charge is 2.20. The third-order valence-electron chi connectivity index (χ3n) is 7.99. The van der Waals surface area contributed by atoms with E-state index in [0.717, 1.165) is 38.2 Å². The van der Waals surface area contributed by atoms with Crippen molar-refractivity contribution in [3.63, 3.8) is 0 Å². The molecule has 15 heteroatoms. The van der Waals surface area contributed by atoms with Crippen LogP contribution in [0, 0.1) is 6.92 Å². The van der Waals surface area contributed by atoms with Crippen LogP contribution in [0.15, 0.2) is 89.6 Å². The number of pyridine rings is 2. The zero-order valence-electron chi connectivity index (χ0n) is 26.5. The van der Waals surface area contributed by atoms with E-state index in [-0.39, 0.29) is 23.6 Å². The first-order valence-corrected chi connectivity index (χ1v) is 16.5. The Morgan fingerprint density at radius 2 is 1.58 bits per heavy atom. The summed E-state index contributed by atoms with van der Waals surface area (Å²) in [5.41, 5.74) is 5.15. The molecule has 0 bridgehead atoms. The van der Waals surface area contributed by atoms with Gasteiger partial charge in [0.1, 0.15) is 17.0 Å². The first kappa shape index (κ1) is 30.7. The Labute approximate surface area is 287 Å². The zero-order valence-corrected chi connectivity index (χ0v) is 27.3. The van der Waals surface area contributed by atoms with E-state index in [1.54, 1.807) is 35.9 Å². The van der Waals surface area contributed by atoms with E-state index in [9.17, 15) is 9.59 Å². The van der Waals surface area contributed by atoms with E-state index >= 15 is 0 Å². The molecular weight excluding hydrogens is 655 g/mol. The Kier molecular flexibility index (Phi) is 8.06. The number of hydrogen-bond donors (Lipinski definition) is 4. The van der Waals surface area contributed by atoms with Gasteiger partial charge in [-0.2, -0.15) is 0 Å². The van der Waals surface area contributed by atoms with Crippen molar-refractivity contribution in [2.45, 2.75) is 26.2 Å². The largest absolute Gasteiger partial charge is 0.451 e. The Bertz CT molecular complexity index is 2450. The maximum Gasteiger partial charge on any atom is 0.294 e. The summed E-state index contributed by atoms with van der Waals surface area (Å²) in [5.74, 6) is 0.858. The molecular formula is C35H27N11O3S. The number of amides is 2. The molecule has 8 aromatic rings. The van der Waals surface area contributed by atoms with E-state index in [2.05, 4.69) is 62.0 Å². The second-order valence-electron chi connectivity index (χ2n) is 11.4. The van der Waals surface area contributed by atoms with Gasteiger partial charge in [-0.05, 0) is 67.8 Å². The number of carbonyl (C=O) groups excluding carboxylic acids is 2. The SMILES string of the molecule is Cc1c(C(=O)Nc2nnc(-c3ccccn3)[nH]2)oc2ccc(-c3ccc(-c4nnc(NC(=O)CCCc5nc6ccccc6s5)[nH]4)nc3)cc12. The fourth-order valence-electron chi connectivity index (χ4n) is 5.48. The van der Waals surface area contributed by atoms with Gasteiger partial charge < -0.3 is 14.4 Å². The first-order chi connectivity index (χ1) is 24.5. The van der Waals surface area contributed by atoms with E-state index < -0.39 is 5.91 Å². The van der Waals surface area contributed by atoms with Crippen LogP contribution in [-0.2, 0) is 11.2 Å². The highest BCUT2D eigenvalue weighted by molar-refractivity contribution is 7.18. The molecule has 8 rings (SSSR count). The minimum Gasteiger partial charge on any atom is -0.451 e. The fraction of sp³-hybridized carbons (Fsp3) is 0.114. The summed E-state index contributed by atoms with van der Waals surface area (Å²) in [6.45, 7) is 1.83. The van der Waals surface area contributed by atoms with Crippen LogP contribution < -0.4 is 10.6 Å². The maximum absolute atomic E-state index is 13.1. The minimum atomic E-state index is -0.456. The standard InChI is InChI=1S/C35H27N11O3S/c1-19-22-17-20(13-15-26(22)49-30(19)33(48)42-35-41-31(43-46-35)24-8-4-5-16-36-24)21-12-14-25(37-18-21)32-40-34(45-44-32)39-28(47)10-6-11-29-38-23-7-2-3-9-27(23)50-29/h2-5,7-9,12-18H,6,10-11H2,1H3,(H2,39,40,44,45,47)(H2,41,42,43,46,48). The summed E-state index contributed by atoms with van der Waals surface area (Å²) >= 11 is 1.65. The average molecular weight is 682 g/mol. The molecule has 0 fully saturated rings. The molecule has 246 valence electrons. The molecule has 0 radical (unpaired) electrons. The van der Waals surface area contributed by atoms with Crippen molar-refractivity contribution in [3.05, 3.63) is 102 Å². The maximum atomic E-state index is 13.1. The quantitative estimate of drug-likeness (QED) is 0.122. The van der Waals surface area contributed by atoms with Crippen LogP contribution in [0.25, 0.3) is 55.3 Å². The predicted octanol–water partition coefficient (Wildman–Crippen LogP) is 6.59. The number of nitrogens with zero attached hydrogens (tertiary/aromatic N) is 7. The fourth-order valence-corrected chi connectivity index (χ4v) is 6.49. The van der Waals surface area contributed by atoms with E-state index in [1.165, 1.54) is 0 Å².